The van der Waals surface area contributed by atoms with Crippen molar-refractivity contribution in [2.24, 2.45) is 10.8 Å². The molecule has 0 bridgehead atoms. The highest BCUT2D eigenvalue weighted by atomic mass is 32.2. The summed E-state index contributed by atoms with van der Waals surface area (Å²) in [6.45, 7) is 14.7. The number of nitrogens with two attached hydrogens (primary N) is 1. The third-order valence-corrected chi connectivity index (χ3v) is 11.3. The molecule has 3 rings (SSSR count). The van der Waals surface area contributed by atoms with Gasteiger partial charge in [0.1, 0.15) is 48.4 Å². The standard InChI is InChI=1S/C26H45N5O8PS2/c1-16(20-17(32)13-18(38-20)31-15-30-19-21(27)28-14-29-22(19)31)39-40(35,36-9-11-41-23(33)24(2,3)4)37-10-12-42-26(8,34)25(5,6)7/h14-18,20,32,34-35H,9-13H2,1-8H3,(H2,27,28,29)/q+1. The molecule has 2 aromatic heterocycles. The van der Waals surface area contributed by atoms with Gasteiger partial charge in [-0.3, -0.25) is 9.36 Å². The lowest BCUT2D eigenvalue weighted by molar-refractivity contribution is -0.117. The number of aliphatic hydroxyl groups excluding tert-OH is 1. The summed E-state index contributed by atoms with van der Waals surface area (Å²) in [4.78, 5) is 35.1. The van der Waals surface area contributed by atoms with Crippen LogP contribution in [0.2, 0.25) is 0 Å². The Balaban J connectivity index is 1.66. The number of hydrogen-bond acceptors (Lipinski definition) is 14. The van der Waals surface area contributed by atoms with E-state index in [-0.39, 0.29) is 41.7 Å². The van der Waals surface area contributed by atoms with Crippen LogP contribution in [0.15, 0.2) is 12.7 Å². The number of ether oxygens (including phenoxy) is 1. The Morgan fingerprint density at radius 3 is 2.43 bits per heavy atom. The van der Waals surface area contributed by atoms with Crippen molar-refractivity contribution in [3.63, 3.8) is 0 Å². The molecule has 1 saturated heterocycles. The van der Waals surface area contributed by atoms with Crippen molar-refractivity contribution in [1.82, 2.24) is 19.5 Å². The van der Waals surface area contributed by atoms with Gasteiger partial charge in [0, 0.05) is 23.3 Å². The van der Waals surface area contributed by atoms with E-state index >= 15 is 0 Å². The summed E-state index contributed by atoms with van der Waals surface area (Å²) < 4.78 is 25.2. The predicted molar refractivity (Wildman–Crippen MR) is 165 cm³/mol. The molecule has 238 valence electrons. The zero-order chi connectivity index (χ0) is 31.5. The second kappa shape index (κ2) is 13.9. The SMILES string of the molecule is CC(O[P+](O)(OCCSC(=O)C(C)(C)C)OCCSC(C)(O)C(C)(C)C)C1OC(n2cnc3c(N)ncnc32)CC1O. The van der Waals surface area contributed by atoms with Crippen LogP contribution in [0.1, 0.15) is 68.0 Å². The Bertz CT molecular complexity index is 1210. The summed E-state index contributed by atoms with van der Waals surface area (Å²) in [6, 6.07) is 0. The number of carbonyl (C=O) groups is 1. The lowest BCUT2D eigenvalue weighted by Gasteiger charge is -2.36. The highest BCUT2D eigenvalue weighted by molar-refractivity contribution is 8.13. The number of imidazole rings is 1. The van der Waals surface area contributed by atoms with Gasteiger partial charge in [-0.1, -0.05) is 53.3 Å². The first kappa shape index (κ1) is 35.4. The molecule has 13 nitrogen and oxygen atoms in total. The molecule has 1 fully saturated rings. The molecule has 0 spiro atoms. The first-order chi connectivity index (χ1) is 19.3. The van der Waals surface area contributed by atoms with Crippen LogP contribution in [-0.4, -0.2) is 87.7 Å². The molecular formula is C26H45N5O8PS2+. The number of rotatable bonds is 13. The topological polar surface area (TPSA) is 184 Å². The van der Waals surface area contributed by atoms with Gasteiger partial charge in [0.2, 0.25) is 0 Å². The molecule has 1 aliphatic rings. The van der Waals surface area contributed by atoms with E-state index in [1.165, 1.54) is 24.4 Å². The van der Waals surface area contributed by atoms with Crippen molar-refractivity contribution in [1.29, 1.82) is 0 Å². The van der Waals surface area contributed by atoms with E-state index in [9.17, 15) is 19.9 Å². The van der Waals surface area contributed by atoms with Gasteiger partial charge in [-0.15, -0.1) is 16.3 Å². The molecule has 0 amide bonds. The maximum atomic E-state index is 12.3. The first-order valence-corrected chi connectivity index (χ1v) is 17.2. The van der Waals surface area contributed by atoms with Gasteiger partial charge in [0.25, 0.3) is 0 Å². The molecule has 6 unspecified atom stereocenters. The quantitative estimate of drug-likeness (QED) is 0.139. The lowest BCUT2D eigenvalue weighted by atomic mass is 9.90. The number of nitrogens with zero attached hydrogens (tertiary/aromatic N) is 4. The Hall–Kier alpha value is -1.13. The van der Waals surface area contributed by atoms with E-state index in [2.05, 4.69) is 15.0 Å². The molecule has 0 aliphatic carbocycles. The molecule has 1 aliphatic heterocycles. The predicted octanol–water partition coefficient (Wildman–Crippen LogP) is 3.96. The first-order valence-electron chi connectivity index (χ1n) is 13.7. The van der Waals surface area contributed by atoms with Crippen LogP contribution >= 0.6 is 31.7 Å². The fraction of sp³-hybridized carbons (Fsp3) is 0.769. The van der Waals surface area contributed by atoms with E-state index < -0.39 is 43.1 Å². The van der Waals surface area contributed by atoms with Gasteiger partial charge in [-0.05, 0) is 19.3 Å². The molecule has 0 radical (unpaired) electrons. The minimum atomic E-state index is -3.92. The number of aliphatic hydroxyl groups is 2. The number of thioether (sulfide) groups is 2. The average Bonchev–Trinajstić information content (AvgIpc) is 3.47. The van der Waals surface area contributed by atoms with E-state index in [1.807, 2.05) is 41.5 Å². The van der Waals surface area contributed by atoms with Gasteiger partial charge in [-0.2, -0.15) is 13.9 Å². The minimum Gasteiger partial charge on any atom is -0.390 e. The van der Waals surface area contributed by atoms with Crippen LogP contribution in [0.25, 0.3) is 11.2 Å². The molecule has 2 aromatic rings. The molecule has 6 atom stereocenters. The molecule has 5 N–H and O–H groups in total. The maximum absolute atomic E-state index is 12.3. The number of anilines is 1. The van der Waals surface area contributed by atoms with Gasteiger partial charge >= 0.3 is 8.17 Å². The van der Waals surface area contributed by atoms with Gasteiger partial charge in [-0.25, -0.2) is 15.0 Å². The monoisotopic (exact) mass is 650 g/mol. The average molecular weight is 651 g/mol. The van der Waals surface area contributed by atoms with Crippen LogP contribution < -0.4 is 5.73 Å². The Kier molecular flexibility index (Phi) is 11.7. The fourth-order valence-corrected chi connectivity index (χ4v) is 7.24. The van der Waals surface area contributed by atoms with E-state index in [1.54, 1.807) is 18.4 Å². The van der Waals surface area contributed by atoms with E-state index in [4.69, 9.17) is 24.0 Å². The normalized spacial score (nSPS) is 23.5. The van der Waals surface area contributed by atoms with E-state index in [0.717, 1.165) is 11.8 Å². The van der Waals surface area contributed by atoms with Crippen molar-refractivity contribution in [2.45, 2.75) is 91.3 Å². The van der Waals surface area contributed by atoms with Crippen molar-refractivity contribution in [3.8, 4) is 0 Å². The van der Waals surface area contributed by atoms with Crippen molar-refractivity contribution >= 4 is 53.8 Å². The summed E-state index contributed by atoms with van der Waals surface area (Å²) in [7, 11) is -3.92. The summed E-state index contributed by atoms with van der Waals surface area (Å²) in [6.07, 6.45) is -0.152. The van der Waals surface area contributed by atoms with Crippen LogP contribution in [-0.2, 0) is 23.1 Å². The zero-order valence-corrected chi connectivity index (χ0v) is 28.0. The van der Waals surface area contributed by atoms with E-state index in [0.29, 0.717) is 16.9 Å². The second-order valence-corrected chi connectivity index (χ2v) is 16.6. The van der Waals surface area contributed by atoms with Gasteiger partial charge < -0.3 is 20.7 Å². The number of fused-ring (bicyclic) bond motifs is 1. The fourth-order valence-electron chi connectivity index (χ4n) is 3.83. The number of carbonyl (C=O) groups excluding carboxylic acids is 1. The number of nitrogen functional groups attached to an aromatic ring is 1. The summed E-state index contributed by atoms with van der Waals surface area (Å²) in [5, 5.41) is 21.6. The lowest BCUT2D eigenvalue weighted by Crippen LogP contribution is -2.37. The van der Waals surface area contributed by atoms with Crippen LogP contribution in [0.3, 0.4) is 0 Å². The summed E-state index contributed by atoms with van der Waals surface area (Å²) in [5.74, 6) is 0.879. The van der Waals surface area contributed by atoms with Crippen LogP contribution in [0.5, 0.6) is 0 Å². The third-order valence-electron chi connectivity index (χ3n) is 6.89. The Morgan fingerprint density at radius 1 is 1.17 bits per heavy atom. The highest BCUT2D eigenvalue weighted by Crippen LogP contribution is 2.60. The van der Waals surface area contributed by atoms with Crippen molar-refractivity contribution in [2.75, 3.05) is 30.5 Å². The molecule has 3 heterocycles. The smallest absolute Gasteiger partial charge is 0.390 e. The van der Waals surface area contributed by atoms with Crippen LogP contribution in [0.4, 0.5) is 5.82 Å². The van der Waals surface area contributed by atoms with Crippen molar-refractivity contribution < 1.29 is 38.2 Å². The number of aromatic nitrogens is 4. The third kappa shape index (κ3) is 8.96. The molecule has 42 heavy (non-hydrogen) atoms. The van der Waals surface area contributed by atoms with Gasteiger partial charge in [0.05, 0.1) is 12.4 Å². The molecular weight excluding hydrogens is 605 g/mol. The molecule has 0 saturated carbocycles. The number of hydrogen-bond donors (Lipinski definition) is 4. The van der Waals surface area contributed by atoms with Gasteiger partial charge in [0.15, 0.2) is 16.6 Å². The van der Waals surface area contributed by atoms with Crippen molar-refractivity contribution in [3.05, 3.63) is 12.7 Å². The molecule has 16 heteroatoms. The summed E-state index contributed by atoms with van der Waals surface area (Å²) in [5.41, 5.74) is 5.90. The maximum Gasteiger partial charge on any atom is 0.573 e. The highest BCUT2D eigenvalue weighted by Gasteiger charge is 2.51. The zero-order valence-electron chi connectivity index (χ0n) is 25.5. The minimum absolute atomic E-state index is 0.00318. The summed E-state index contributed by atoms with van der Waals surface area (Å²) >= 11 is 2.40. The largest absolute Gasteiger partial charge is 0.573 e. The molecule has 0 aromatic carbocycles. The Morgan fingerprint density at radius 2 is 1.81 bits per heavy atom. The second-order valence-electron chi connectivity index (χ2n) is 12.4. The Labute approximate surface area is 256 Å². The van der Waals surface area contributed by atoms with Crippen LogP contribution in [0, 0.1) is 10.8 Å².